The lowest BCUT2D eigenvalue weighted by atomic mass is 10.2. The molecule has 168 valence electrons. The summed E-state index contributed by atoms with van der Waals surface area (Å²) in [7, 11) is 4.64. The molecule has 11 heteroatoms. The van der Waals surface area contributed by atoms with Crippen molar-refractivity contribution in [3.8, 4) is 11.5 Å². The van der Waals surface area contributed by atoms with Gasteiger partial charge in [0.1, 0.15) is 4.83 Å². The second-order valence-corrected chi connectivity index (χ2v) is 9.18. The van der Waals surface area contributed by atoms with Gasteiger partial charge in [-0.1, -0.05) is 11.8 Å². The summed E-state index contributed by atoms with van der Waals surface area (Å²) in [6.45, 7) is 0. The molecule has 0 radical (unpaired) electrons. The van der Waals surface area contributed by atoms with Gasteiger partial charge in [0.05, 0.1) is 25.4 Å². The van der Waals surface area contributed by atoms with Crippen LogP contribution in [0.3, 0.4) is 0 Å². The van der Waals surface area contributed by atoms with Crippen LogP contribution in [0.4, 0.5) is 0 Å². The number of nitrogens with one attached hydrogen (secondary N) is 2. The number of amides is 2. The van der Waals surface area contributed by atoms with E-state index < -0.39 is 11.8 Å². The van der Waals surface area contributed by atoms with E-state index in [2.05, 4.69) is 15.8 Å². The second kappa shape index (κ2) is 9.21. The van der Waals surface area contributed by atoms with Crippen molar-refractivity contribution in [2.75, 3.05) is 20.0 Å². The number of hydrogen-bond acceptors (Lipinski definition) is 8. The number of carbonyl (C=O) groups excluding carboxylic acids is 2. The molecule has 4 rings (SSSR count). The van der Waals surface area contributed by atoms with E-state index in [4.69, 9.17) is 9.47 Å². The maximum Gasteiger partial charge on any atom is 0.269 e. The Morgan fingerprint density at radius 1 is 1.19 bits per heavy atom. The van der Waals surface area contributed by atoms with Crippen LogP contribution in [0.25, 0.3) is 10.2 Å². The van der Waals surface area contributed by atoms with Crippen LogP contribution in [0.5, 0.6) is 11.5 Å². The standard InChI is InChI=1S/C21H22N4O5S2/c1-25-20(28)17-12-5-4-6-15(12)32-19(17)22-21(25)31-10-16(26)23-24-18(27)11-7-8-13(29-2)14(9-11)30-3/h7-9H,4-6,10H2,1-3H3,(H,23,26)(H,24,27). The molecule has 0 atom stereocenters. The van der Waals surface area contributed by atoms with Gasteiger partial charge in [0.15, 0.2) is 16.7 Å². The third-order valence-corrected chi connectivity index (χ3v) is 7.41. The van der Waals surface area contributed by atoms with Gasteiger partial charge in [-0.2, -0.15) is 0 Å². The quantitative estimate of drug-likeness (QED) is 0.320. The number of benzene rings is 1. The fourth-order valence-electron chi connectivity index (χ4n) is 3.58. The normalized spacial score (nSPS) is 12.5. The first-order valence-corrected chi connectivity index (χ1v) is 11.7. The number of nitrogens with zero attached hydrogens (tertiary/aromatic N) is 2. The highest BCUT2D eigenvalue weighted by molar-refractivity contribution is 7.99. The molecular formula is C21H22N4O5S2. The first-order chi connectivity index (χ1) is 15.4. The molecule has 2 aromatic heterocycles. The van der Waals surface area contributed by atoms with Crippen molar-refractivity contribution in [1.82, 2.24) is 20.4 Å². The highest BCUT2D eigenvalue weighted by Gasteiger charge is 2.22. The van der Waals surface area contributed by atoms with Gasteiger partial charge in [-0.15, -0.1) is 11.3 Å². The monoisotopic (exact) mass is 474 g/mol. The van der Waals surface area contributed by atoms with E-state index in [1.807, 2.05) is 0 Å². The number of rotatable bonds is 6. The molecule has 2 heterocycles. The predicted molar refractivity (Wildman–Crippen MR) is 123 cm³/mol. The SMILES string of the molecule is COc1ccc(C(=O)NNC(=O)CSc2nc3sc4c(c3c(=O)n2C)CCC4)cc1OC. The molecule has 0 saturated carbocycles. The number of methoxy groups -OCH3 is 2. The van der Waals surface area contributed by atoms with Crippen molar-refractivity contribution >= 4 is 45.1 Å². The number of carbonyl (C=O) groups is 2. The summed E-state index contributed by atoms with van der Waals surface area (Å²) < 4.78 is 11.8. The Morgan fingerprint density at radius 2 is 1.97 bits per heavy atom. The summed E-state index contributed by atoms with van der Waals surface area (Å²) >= 11 is 2.70. The number of hydrazine groups is 1. The molecule has 0 fully saturated rings. The van der Waals surface area contributed by atoms with Gasteiger partial charge < -0.3 is 9.47 Å². The number of thiophene rings is 1. The molecule has 2 amide bonds. The lowest BCUT2D eigenvalue weighted by molar-refractivity contribution is -0.119. The van der Waals surface area contributed by atoms with E-state index in [1.165, 1.54) is 29.7 Å². The maximum atomic E-state index is 12.8. The van der Waals surface area contributed by atoms with Gasteiger partial charge >= 0.3 is 0 Å². The van der Waals surface area contributed by atoms with Gasteiger partial charge in [-0.05, 0) is 43.0 Å². The Hall–Kier alpha value is -3.05. The van der Waals surface area contributed by atoms with Crippen molar-refractivity contribution in [3.05, 3.63) is 44.6 Å². The molecule has 0 unspecified atom stereocenters. The number of fused-ring (bicyclic) bond motifs is 3. The molecule has 3 aromatic rings. The number of thioether (sulfide) groups is 1. The maximum absolute atomic E-state index is 12.8. The van der Waals surface area contributed by atoms with E-state index >= 15 is 0 Å². The van der Waals surface area contributed by atoms with Gasteiger partial charge in [-0.25, -0.2) is 4.98 Å². The van der Waals surface area contributed by atoms with Crippen LogP contribution < -0.4 is 25.9 Å². The molecular weight excluding hydrogens is 452 g/mol. The van der Waals surface area contributed by atoms with Crippen molar-refractivity contribution < 1.29 is 19.1 Å². The van der Waals surface area contributed by atoms with Crippen LogP contribution in [0.2, 0.25) is 0 Å². The van der Waals surface area contributed by atoms with Gasteiger partial charge in [-0.3, -0.25) is 29.8 Å². The zero-order valence-corrected chi connectivity index (χ0v) is 19.4. The predicted octanol–water partition coefficient (Wildman–Crippen LogP) is 2.05. The average Bonchev–Trinajstić information content (AvgIpc) is 3.39. The summed E-state index contributed by atoms with van der Waals surface area (Å²) in [5, 5.41) is 1.17. The lowest BCUT2D eigenvalue weighted by Crippen LogP contribution is -2.42. The Kier molecular flexibility index (Phi) is 6.38. The van der Waals surface area contributed by atoms with E-state index in [1.54, 1.807) is 30.5 Å². The number of aryl methyl sites for hydroxylation is 2. The molecule has 1 aliphatic carbocycles. The van der Waals surface area contributed by atoms with Gasteiger partial charge in [0, 0.05) is 17.5 Å². The minimum absolute atomic E-state index is 0.0108. The summed E-state index contributed by atoms with van der Waals surface area (Å²) in [6, 6.07) is 4.68. The smallest absolute Gasteiger partial charge is 0.269 e. The van der Waals surface area contributed by atoms with Gasteiger partial charge in [0.25, 0.3) is 11.5 Å². The molecule has 0 saturated heterocycles. The Morgan fingerprint density at radius 3 is 2.72 bits per heavy atom. The van der Waals surface area contributed by atoms with Crippen LogP contribution in [0.1, 0.15) is 27.2 Å². The topological polar surface area (TPSA) is 112 Å². The van der Waals surface area contributed by atoms with Crippen molar-refractivity contribution in [1.29, 1.82) is 0 Å². The van der Waals surface area contributed by atoms with Crippen LogP contribution >= 0.6 is 23.1 Å². The third kappa shape index (κ3) is 4.17. The van der Waals surface area contributed by atoms with Crippen LogP contribution in [0, 0.1) is 0 Å². The zero-order valence-electron chi connectivity index (χ0n) is 17.8. The molecule has 32 heavy (non-hydrogen) atoms. The third-order valence-electron chi connectivity index (χ3n) is 5.20. The van der Waals surface area contributed by atoms with Crippen LogP contribution in [-0.2, 0) is 24.7 Å². The number of hydrogen-bond donors (Lipinski definition) is 2. The van der Waals surface area contributed by atoms with E-state index in [-0.39, 0.29) is 11.3 Å². The zero-order chi connectivity index (χ0) is 22.8. The number of aromatic nitrogens is 2. The Labute approximate surface area is 192 Å². The minimum atomic E-state index is -0.496. The van der Waals surface area contributed by atoms with Crippen molar-refractivity contribution in [2.45, 2.75) is 24.4 Å². The van der Waals surface area contributed by atoms with Crippen LogP contribution in [0.15, 0.2) is 28.2 Å². The van der Waals surface area contributed by atoms with Crippen molar-refractivity contribution in [2.24, 2.45) is 7.05 Å². The largest absolute Gasteiger partial charge is 0.493 e. The second-order valence-electron chi connectivity index (χ2n) is 7.16. The minimum Gasteiger partial charge on any atom is -0.493 e. The first-order valence-electron chi connectivity index (χ1n) is 9.88. The molecule has 0 bridgehead atoms. The van der Waals surface area contributed by atoms with E-state index in [0.29, 0.717) is 27.6 Å². The summed E-state index contributed by atoms with van der Waals surface area (Å²) in [5.74, 6) is -0.0287. The highest BCUT2D eigenvalue weighted by atomic mass is 32.2. The fourth-order valence-corrected chi connectivity index (χ4v) is 5.65. The molecule has 2 N–H and O–H groups in total. The molecule has 9 nitrogen and oxygen atoms in total. The highest BCUT2D eigenvalue weighted by Crippen LogP contribution is 2.35. The number of ether oxygens (including phenoxy) is 2. The van der Waals surface area contributed by atoms with E-state index in [0.717, 1.165) is 41.4 Å². The molecule has 0 spiro atoms. The Bertz CT molecular complexity index is 1270. The fraction of sp³-hybridized carbons (Fsp3) is 0.333. The molecule has 1 aliphatic rings. The summed E-state index contributed by atoms with van der Waals surface area (Å²) in [6.07, 6.45) is 2.98. The van der Waals surface area contributed by atoms with Gasteiger partial charge in [0.2, 0.25) is 5.91 Å². The van der Waals surface area contributed by atoms with Crippen molar-refractivity contribution in [3.63, 3.8) is 0 Å². The average molecular weight is 475 g/mol. The van der Waals surface area contributed by atoms with Crippen LogP contribution in [-0.4, -0.2) is 41.3 Å². The summed E-state index contributed by atoms with van der Waals surface area (Å²) in [5.41, 5.74) is 6.09. The summed E-state index contributed by atoms with van der Waals surface area (Å²) in [4.78, 5) is 44.0. The Balaban J connectivity index is 1.38. The lowest BCUT2D eigenvalue weighted by Gasteiger charge is -2.11. The van der Waals surface area contributed by atoms with E-state index in [9.17, 15) is 14.4 Å². The first kappa shape index (κ1) is 22.2. The molecule has 1 aromatic carbocycles. The molecule has 0 aliphatic heterocycles.